The highest BCUT2D eigenvalue weighted by Crippen LogP contribution is 2.34. The molecule has 1 aromatic carbocycles. The van der Waals surface area contributed by atoms with Gasteiger partial charge in [0.1, 0.15) is 0 Å². The van der Waals surface area contributed by atoms with Gasteiger partial charge in [-0.25, -0.2) is 0 Å². The van der Waals surface area contributed by atoms with Gasteiger partial charge in [-0.15, -0.1) is 0 Å². The monoisotopic (exact) mass is 273 g/mol. The van der Waals surface area contributed by atoms with E-state index in [1.807, 2.05) is 12.1 Å². The molecular weight excluding hydrogens is 262 g/mol. The number of aliphatic hydroxyl groups is 2. The molecule has 0 amide bonds. The summed E-state index contributed by atoms with van der Waals surface area (Å²) in [5, 5.41) is 24.4. The van der Waals surface area contributed by atoms with Gasteiger partial charge in [0.05, 0.1) is 11.4 Å². The molecule has 1 aliphatic rings. The van der Waals surface area contributed by atoms with Crippen molar-refractivity contribution in [3.8, 4) is 0 Å². The van der Waals surface area contributed by atoms with Gasteiger partial charge in [-0.3, -0.25) is 0 Å². The van der Waals surface area contributed by atoms with E-state index < -0.39 is 12.5 Å². The predicted octanol–water partition coefficient (Wildman–Crippen LogP) is 0.382. The maximum absolute atomic E-state index is 9.44. The fraction of sp³-hybridized carbons (Fsp3) is 0.333. The summed E-state index contributed by atoms with van der Waals surface area (Å²) in [6.07, 6.45) is -2.04. The zero-order valence-electron chi connectivity index (χ0n) is 7.87. The largest absolute Gasteiger partial charge is 0.369 e. The van der Waals surface area contributed by atoms with E-state index in [1.165, 1.54) is 0 Å². The van der Waals surface area contributed by atoms with E-state index in [4.69, 9.17) is 5.73 Å². The molecule has 5 nitrogen and oxygen atoms in total. The molecule has 0 aliphatic carbocycles. The number of anilines is 2. The highest BCUT2D eigenvalue weighted by Gasteiger charge is 2.25. The molecule has 1 aliphatic heterocycles. The average Bonchev–Trinajstić information content (AvgIpc) is 2.19. The van der Waals surface area contributed by atoms with E-state index in [1.54, 1.807) is 0 Å². The molecule has 0 fully saturated rings. The van der Waals surface area contributed by atoms with E-state index in [0.29, 0.717) is 6.54 Å². The van der Waals surface area contributed by atoms with Gasteiger partial charge in [-0.2, -0.15) is 0 Å². The van der Waals surface area contributed by atoms with Crippen LogP contribution in [-0.4, -0.2) is 22.7 Å². The lowest BCUT2D eigenvalue weighted by Crippen LogP contribution is -2.43. The van der Waals surface area contributed by atoms with E-state index in [-0.39, 0.29) is 0 Å². The van der Waals surface area contributed by atoms with Crippen LogP contribution in [0.2, 0.25) is 0 Å². The van der Waals surface area contributed by atoms with Crippen LogP contribution in [0.5, 0.6) is 0 Å². The Hall–Kier alpha value is -0.820. The van der Waals surface area contributed by atoms with E-state index in [2.05, 4.69) is 26.6 Å². The summed E-state index contributed by atoms with van der Waals surface area (Å²) >= 11 is 3.35. The maximum atomic E-state index is 9.44. The minimum atomic E-state index is -1.02. The van der Waals surface area contributed by atoms with Crippen molar-refractivity contribution in [1.29, 1.82) is 0 Å². The van der Waals surface area contributed by atoms with Crippen LogP contribution < -0.4 is 16.4 Å². The molecular formula is C9H12BrN3O2. The Morgan fingerprint density at radius 1 is 1.27 bits per heavy atom. The van der Waals surface area contributed by atoms with Gasteiger partial charge in [0.25, 0.3) is 0 Å². The van der Waals surface area contributed by atoms with Crippen molar-refractivity contribution >= 4 is 27.3 Å². The Labute approximate surface area is 95.4 Å². The van der Waals surface area contributed by atoms with Crippen LogP contribution in [0.25, 0.3) is 0 Å². The summed E-state index contributed by atoms with van der Waals surface area (Å²) in [6, 6.07) is 3.69. The topological polar surface area (TPSA) is 90.5 Å². The second-order valence-electron chi connectivity index (χ2n) is 3.37. The lowest BCUT2D eigenvalue weighted by atomic mass is 10.1. The van der Waals surface area contributed by atoms with Crippen molar-refractivity contribution in [2.45, 2.75) is 19.0 Å². The minimum Gasteiger partial charge on any atom is -0.369 e. The number of rotatable bonds is 1. The smallest absolute Gasteiger partial charge is 0.169 e. The number of aliphatic hydroxyl groups excluding tert-OH is 2. The molecule has 2 rings (SSSR count). The molecule has 6 N–H and O–H groups in total. The third-order valence-electron chi connectivity index (χ3n) is 2.30. The number of hydrogen-bond donors (Lipinski definition) is 5. The Kier molecular flexibility index (Phi) is 2.83. The number of hydrogen-bond acceptors (Lipinski definition) is 5. The van der Waals surface area contributed by atoms with Crippen LogP contribution >= 0.6 is 15.9 Å². The van der Waals surface area contributed by atoms with Gasteiger partial charge in [0.15, 0.2) is 12.5 Å². The van der Waals surface area contributed by atoms with Gasteiger partial charge >= 0.3 is 0 Å². The van der Waals surface area contributed by atoms with Crippen LogP contribution in [0.1, 0.15) is 5.56 Å². The lowest BCUT2D eigenvalue weighted by molar-refractivity contribution is 0.0527. The molecule has 82 valence electrons. The number of benzene rings is 1. The molecule has 1 aromatic rings. The third-order valence-corrected chi connectivity index (χ3v) is 2.76. The fourth-order valence-corrected chi connectivity index (χ4v) is 2.08. The first-order valence-electron chi connectivity index (χ1n) is 4.53. The van der Waals surface area contributed by atoms with Crippen molar-refractivity contribution in [1.82, 2.24) is 0 Å². The third kappa shape index (κ3) is 1.93. The molecule has 0 saturated heterocycles. The molecule has 2 unspecified atom stereocenters. The Bertz CT molecular complexity index is 386. The summed E-state index contributed by atoms with van der Waals surface area (Å²) in [6.45, 7) is 0.360. The van der Waals surface area contributed by atoms with Crippen LogP contribution in [0, 0.1) is 0 Å². The summed E-state index contributed by atoms with van der Waals surface area (Å²) in [5.74, 6) is 0. The van der Waals surface area contributed by atoms with Gasteiger partial charge in [0.2, 0.25) is 0 Å². The first kappa shape index (κ1) is 10.7. The summed E-state index contributed by atoms with van der Waals surface area (Å²) < 4.78 is 0.875. The Balaban J connectivity index is 2.47. The molecule has 15 heavy (non-hydrogen) atoms. The molecule has 0 aromatic heterocycles. The second kappa shape index (κ2) is 3.97. The first-order valence-corrected chi connectivity index (χ1v) is 5.33. The van der Waals surface area contributed by atoms with Crippen LogP contribution in [0.3, 0.4) is 0 Å². The van der Waals surface area contributed by atoms with E-state index in [0.717, 1.165) is 21.4 Å². The average molecular weight is 274 g/mol. The first-order chi connectivity index (χ1) is 7.11. The van der Waals surface area contributed by atoms with E-state index in [9.17, 15) is 10.2 Å². The van der Waals surface area contributed by atoms with Crippen molar-refractivity contribution in [2.24, 2.45) is 5.73 Å². The van der Waals surface area contributed by atoms with Crippen molar-refractivity contribution in [3.05, 3.63) is 22.2 Å². The number of halogens is 1. The van der Waals surface area contributed by atoms with Crippen molar-refractivity contribution in [2.75, 3.05) is 10.6 Å². The zero-order valence-corrected chi connectivity index (χ0v) is 9.45. The van der Waals surface area contributed by atoms with Gasteiger partial charge in [-0.05, 0) is 17.7 Å². The van der Waals surface area contributed by atoms with Gasteiger partial charge < -0.3 is 26.6 Å². The fourth-order valence-electron chi connectivity index (χ4n) is 1.57. The van der Waals surface area contributed by atoms with Crippen LogP contribution in [0.4, 0.5) is 11.4 Å². The van der Waals surface area contributed by atoms with E-state index >= 15 is 0 Å². The minimum absolute atomic E-state index is 0.360. The Morgan fingerprint density at radius 3 is 2.60 bits per heavy atom. The van der Waals surface area contributed by atoms with Gasteiger partial charge in [-0.1, -0.05) is 15.9 Å². The molecule has 0 saturated carbocycles. The highest BCUT2D eigenvalue weighted by atomic mass is 79.9. The quantitative estimate of drug-likeness (QED) is 0.511. The SMILES string of the molecule is NCc1cc(Br)cc2c1NC(O)C(O)N2. The van der Waals surface area contributed by atoms with Crippen molar-refractivity contribution < 1.29 is 10.2 Å². The molecule has 2 atom stereocenters. The van der Waals surface area contributed by atoms with Gasteiger partial charge in [0, 0.05) is 11.0 Å². The number of nitrogens with two attached hydrogens (primary N) is 1. The molecule has 0 radical (unpaired) electrons. The van der Waals surface area contributed by atoms with Crippen LogP contribution in [0.15, 0.2) is 16.6 Å². The standard InChI is InChI=1S/C9H12BrN3O2/c10-5-1-4(3-11)7-6(2-5)12-8(14)9(15)13-7/h1-2,8-9,12-15H,3,11H2. The lowest BCUT2D eigenvalue weighted by Gasteiger charge is -2.31. The normalized spacial score (nSPS) is 24.0. The zero-order chi connectivity index (χ0) is 11.0. The summed E-state index contributed by atoms with van der Waals surface area (Å²) in [4.78, 5) is 0. The molecule has 0 spiro atoms. The maximum Gasteiger partial charge on any atom is 0.169 e. The summed E-state index contributed by atoms with van der Waals surface area (Å²) in [5.41, 5.74) is 7.92. The molecule has 6 heteroatoms. The number of fused-ring (bicyclic) bond motifs is 1. The molecule has 1 heterocycles. The van der Waals surface area contributed by atoms with Crippen LogP contribution in [-0.2, 0) is 6.54 Å². The summed E-state index contributed by atoms with van der Waals surface area (Å²) in [7, 11) is 0. The Morgan fingerprint density at radius 2 is 1.93 bits per heavy atom. The number of nitrogens with one attached hydrogen (secondary N) is 2. The highest BCUT2D eigenvalue weighted by molar-refractivity contribution is 9.10. The van der Waals surface area contributed by atoms with Crippen molar-refractivity contribution in [3.63, 3.8) is 0 Å². The predicted molar refractivity (Wildman–Crippen MR) is 61.3 cm³/mol. The second-order valence-corrected chi connectivity index (χ2v) is 4.29. The molecule has 0 bridgehead atoms.